The van der Waals surface area contributed by atoms with Gasteiger partial charge in [-0.2, -0.15) is 0 Å². The Hall–Kier alpha value is -3.68. The summed E-state index contributed by atoms with van der Waals surface area (Å²) >= 11 is 0. The Kier molecular flexibility index (Phi) is 41.8. The molecular formula is C66H110O8. The zero-order valence-electron chi connectivity index (χ0n) is 48.4. The van der Waals surface area contributed by atoms with Gasteiger partial charge in [0, 0.05) is 0 Å². The molecule has 2 aromatic rings. The molecule has 8 heteroatoms. The van der Waals surface area contributed by atoms with Crippen molar-refractivity contribution in [1.29, 1.82) is 0 Å². The van der Waals surface area contributed by atoms with Crippen molar-refractivity contribution in [2.45, 2.75) is 297 Å². The van der Waals surface area contributed by atoms with Crippen LogP contribution < -0.4 is 0 Å². The molecule has 0 radical (unpaired) electrons. The van der Waals surface area contributed by atoms with Crippen LogP contribution in [0, 0.1) is 0 Å². The number of benzene rings is 2. The maximum atomic E-state index is 14.5. The first kappa shape index (κ1) is 66.4. The van der Waals surface area contributed by atoms with E-state index in [1.807, 2.05) is 6.07 Å². The number of hydrogen-bond acceptors (Lipinski definition) is 8. The predicted molar refractivity (Wildman–Crippen MR) is 309 cm³/mol. The smallest absolute Gasteiger partial charge is 0.339 e. The molecule has 2 aromatic carbocycles. The quantitative estimate of drug-likeness (QED) is 0.0367. The second-order valence-electron chi connectivity index (χ2n) is 21.5. The molecule has 0 aliphatic carbocycles. The van der Waals surface area contributed by atoms with Gasteiger partial charge in [-0.05, 0) is 61.4 Å². The molecule has 2 rings (SSSR count). The summed E-state index contributed by atoms with van der Waals surface area (Å²) in [6.07, 6.45) is 46.6. The number of carbonyl (C=O) groups is 4. The molecular weight excluding hydrogens is 921 g/mol. The molecule has 0 aliphatic rings. The molecule has 1 unspecified atom stereocenters. The lowest BCUT2D eigenvalue weighted by molar-refractivity contribution is -0.145. The molecule has 0 N–H and O–H groups in total. The average molecular weight is 1030 g/mol. The second-order valence-corrected chi connectivity index (χ2v) is 21.5. The van der Waals surface area contributed by atoms with Crippen molar-refractivity contribution in [2.24, 2.45) is 0 Å². The highest BCUT2D eigenvalue weighted by Crippen LogP contribution is 2.37. The van der Waals surface area contributed by atoms with Crippen LogP contribution in [0.2, 0.25) is 0 Å². The van der Waals surface area contributed by atoms with E-state index in [0.717, 1.165) is 77.0 Å². The third-order valence-corrected chi connectivity index (χ3v) is 14.8. The molecule has 8 nitrogen and oxygen atoms in total. The van der Waals surface area contributed by atoms with E-state index in [-0.39, 0.29) is 43.1 Å². The number of carbonyl (C=O) groups excluding carboxylic acids is 4. The van der Waals surface area contributed by atoms with Gasteiger partial charge in [-0.25, -0.2) is 14.4 Å². The van der Waals surface area contributed by atoms with Crippen LogP contribution in [0.5, 0.6) is 0 Å². The fourth-order valence-corrected chi connectivity index (χ4v) is 10.1. The van der Waals surface area contributed by atoms with Crippen LogP contribution in [0.15, 0.2) is 36.4 Å². The number of unbranched alkanes of at least 4 members (excludes halogenated alkanes) is 36. The van der Waals surface area contributed by atoms with Crippen molar-refractivity contribution in [3.63, 3.8) is 0 Å². The summed E-state index contributed by atoms with van der Waals surface area (Å²) in [4.78, 5) is 56.8. The van der Waals surface area contributed by atoms with Crippen LogP contribution in [0.4, 0.5) is 0 Å². The van der Waals surface area contributed by atoms with E-state index in [1.165, 1.54) is 180 Å². The van der Waals surface area contributed by atoms with Gasteiger partial charge < -0.3 is 18.9 Å². The maximum absolute atomic E-state index is 14.5. The summed E-state index contributed by atoms with van der Waals surface area (Å²) in [5.41, 5.74) is 1.73. The summed E-state index contributed by atoms with van der Waals surface area (Å²) in [6.45, 7) is 11.8. The first-order chi connectivity index (χ1) is 36.3. The number of hydrogen-bond donors (Lipinski definition) is 0. The van der Waals surface area contributed by atoms with E-state index in [9.17, 15) is 19.2 Å². The fraction of sp³-hybridized carbons (Fsp3) is 0.758. The molecule has 0 heterocycles. The SMILES string of the molecule is CCCCCCCCCCCCOC(=O)c1cccc(-c2cccc(C(=O)OCCCCCCCCCCCC)c2C(C)C(=O)OCCCCCCCCCCCC)c1C(=O)OCCCCCCCCCCCC. The topological polar surface area (TPSA) is 105 Å². The second kappa shape index (κ2) is 46.6. The molecule has 1 atom stereocenters. The molecule has 422 valence electrons. The van der Waals surface area contributed by atoms with Crippen LogP contribution in [-0.2, 0) is 23.7 Å². The molecule has 0 amide bonds. The van der Waals surface area contributed by atoms with Crippen molar-refractivity contribution in [1.82, 2.24) is 0 Å². The Bertz CT molecular complexity index is 1720. The minimum absolute atomic E-state index is 0.0794. The third kappa shape index (κ3) is 30.8. The number of esters is 4. The van der Waals surface area contributed by atoms with Gasteiger partial charge in [-0.3, -0.25) is 4.79 Å². The zero-order chi connectivity index (χ0) is 53.5. The van der Waals surface area contributed by atoms with Crippen LogP contribution in [0.3, 0.4) is 0 Å². The molecule has 0 aromatic heterocycles. The Morgan fingerprint density at radius 1 is 0.324 bits per heavy atom. The lowest BCUT2D eigenvalue weighted by Gasteiger charge is -2.22. The number of ether oxygens (including phenoxy) is 4. The highest BCUT2D eigenvalue weighted by molar-refractivity contribution is 6.09. The van der Waals surface area contributed by atoms with Crippen molar-refractivity contribution >= 4 is 23.9 Å². The van der Waals surface area contributed by atoms with Gasteiger partial charge in [0.1, 0.15) is 0 Å². The third-order valence-electron chi connectivity index (χ3n) is 14.8. The summed E-state index contributed by atoms with van der Waals surface area (Å²) in [7, 11) is 0. The van der Waals surface area contributed by atoms with Gasteiger partial charge >= 0.3 is 23.9 Å². The lowest BCUT2D eigenvalue weighted by atomic mass is 9.85. The number of rotatable bonds is 50. The summed E-state index contributed by atoms with van der Waals surface area (Å²) in [6, 6.07) is 10.4. The van der Waals surface area contributed by atoms with Crippen molar-refractivity contribution < 1.29 is 38.1 Å². The highest BCUT2D eigenvalue weighted by atomic mass is 16.5. The van der Waals surface area contributed by atoms with Crippen LogP contribution in [-0.4, -0.2) is 50.3 Å². The van der Waals surface area contributed by atoms with Gasteiger partial charge in [0.05, 0.1) is 49.0 Å². The minimum atomic E-state index is -0.878. The standard InChI is InChI=1S/C66H110O8/c1-6-10-14-18-22-26-30-34-38-42-52-71-63(67)56(5)61-57(48-46-50-59(61)64(68)72-53-43-39-35-31-27-23-19-15-11-7-2)58-49-47-51-60(65(69)73-54-44-40-36-32-28-24-20-16-12-8-3)62(58)66(70)74-55-45-41-37-33-29-25-21-17-13-9-4/h46-51,56H,6-45,52-55H2,1-5H3. The van der Waals surface area contributed by atoms with Crippen LogP contribution in [0.1, 0.15) is 334 Å². The first-order valence-corrected chi connectivity index (χ1v) is 31.3. The maximum Gasteiger partial charge on any atom is 0.339 e. The van der Waals surface area contributed by atoms with Gasteiger partial charge in [0.15, 0.2) is 0 Å². The minimum Gasteiger partial charge on any atom is -0.465 e. The molecule has 0 bridgehead atoms. The largest absolute Gasteiger partial charge is 0.465 e. The zero-order valence-corrected chi connectivity index (χ0v) is 48.4. The normalized spacial score (nSPS) is 11.7. The van der Waals surface area contributed by atoms with Gasteiger partial charge in [0.25, 0.3) is 0 Å². The average Bonchev–Trinajstić information content (AvgIpc) is 3.41. The molecule has 0 spiro atoms. The van der Waals surface area contributed by atoms with E-state index >= 15 is 0 Å². The van der Waals surface area contributed by atoms with E-state index in [0.29, 0.717) is 16.7 Å². The predicted octanol–water partition coefficient (Wildman–Crippen LogP) is 20.2. The van der Waals surface area contributed by atoms with Crippen LogP contribution >= 0.6 is 0 Å². The molecule has 0 aliphatic heterocycles. The summed E-state index contributed by atoms with van der Waals surface area (Å²) in [5, 5.41) is 0. The van der Waals surface area contributed by atoms with E-state index in [1.54, 1.807) is 37.3 Å². The first-order valence-electron chi connectivity index (χ1n) is 31.3. The Balaban J connectivity index is 2.35. The highest BCUT2D eigenvalue weighted by Gasteiger charge is 2.31. The summed E-state index contributed by atoms with van der Waals surface area (Å²) < 4.78 is 23.8. The monoisotopic (exact) mass is 1030 g/mol. The molecule has 0 fully saturated rings. The van der Waals surface area contributed by atoms with Crippen LogP contribution in [0.25, 0.3) is 11.1 Å². The van der Waals surface area contributed by atoms with Crippen molar-refractivity contribution in [3.8, 4) is 11.1 Å². The van der Waals surface area contributed by atoms with E-state index < -0.39 is 29.8 Å². The molecule has 0 saturated heterocycles. The molecule has 0 saturated carbocycles. The van der Waals surface area contributed by atoms with E-state index in [2.05, 4.69) is 27.7 Å². The van der Waals surface area contributed by atoms with Gasteiger partial charge in [-0.15, -0.1) is 0 Å². The Morgan fingerprint density at radius 3 is 0.946 bits per heavy atom. The molecule has 74 heavy (non-hydrogen) atoms. The Morgan fingerprint density at radius 2 is 0.595 bits per heavy atom. The van der Waals surface area contributed by atoms with Gasteiger partial charge in [0.2, 0.25) is 0 Å². The van der Waals surface area contributed by atoms with Crippen molar-refractivity contribution in [3.05, 3.63) is 58.7 Å². The van der Waals surface area contributed by atoms with Crippen molar-refractivity contribution in [2.75, 3.05) is 26.4 Å². The fourth-order valence-electron chi connectivity index (χ4n) is 10.1. The lowest BCUT2D eigenvalue weighted by Crippen LogP contribution is -2.20. The Labute approximate surface area is 453 Å². The van der Waals surface area contributed by atoms with E-state index in [4.69, 9.17) is 18.9 Å². The summed E-state index contributed by atoms with van der Waals surface area (Å²) in [5.74, 6) is -3.07. The van der Waals surface area contributed by atoms with Gasteiger partial charge in [-0.1, -0.05) is 283 Å².